The van der Waals surface area contributed by atoms with Gasteiger partial charge in [-0.1, -0.05) is 28.9 Å². The van der Waals surface area contributed by atoms with Gasteiger partial charge in [-0.2, -0.15) is 5.26 Å². The van der Waals surface area contributed by atoms with Gasteiger partial charge in [-0.3, -0.25) is 0 Å². The number of hydrogen-bond donors (Lipinski definition) is 0. The summed E-state index contributed by atoms with van der Waals surface area (Å²) in [7, 11) is 0. The first-order chi connectivity index (χ1) is 7.27. The van der Waals surface area contributed by atoms with E-state index in [4.69, 9.17) is 10.00 Å². The Labute approximate surface area is 99.0 Å². The first kappa shape index (κ1) is 12.1. The highest BCUT2D eigenvalue weighted by Gasteiger charge is 2.02. The average molecular weight is 268 g/mol. The summed E-state index contributed by atoms with van der Waals surface area (Å²) in [6.07, 6.45) is 2.29. The number of aryl methyl sites for hydroxylation is 1. The van der Waals surface area contributed by atoms with Crippen LogP contribution in [0, 0.1) is 11.3 Å². The second-order valence-electron chi connectivity index (χ2n) is 3.22. The summed E-state index contributed by atoms with van der Waals surface area (Å²) in [4.78, 5) is 0. The SMILES string of the molecule is CCc1ccc(Br)cc1OCCCC#N. The van der Waals surface area contributed by atoms with E-state index in [9.17, 15) is 0 Å². The van der Waals surface area contributed by atoms with Crippen molar-refractivity contribution in [1.82, 2.24) is 0 Å². The zero-order chi connectivity index (χ0) is 11.1. The molecule has 0 unspecified atom stereocenters. The van der Waals surface area contributed by atoms with Crippen LogP contribution in [0.2, 0.25) is 0 Å². The Kier molecular flexibility index (Phi) is 5.20. The Balaban J connectivity index is 2.58. The fraction of sp³-hybridized carbons (Fsp3) is 0.417. The molecule has 2 nitrogen and oxygen atoms in total. The summed E-state index contributed by atoms with van der Waals surface area (Å²) in [5.74, 6) is 0.921. The number of halogens is 1. The van der Waals surface area contributed by atoms with Crippen LogP contribution < -0.4 is 4.74 Å². The van der Waals surface area contributed by atoms with E-state index in [0.29, 0.717) is 13.0 Å². The maximum Gasteiger partial charge on any atom is 0.123 e. The number of unbranched alkanes of at least 4 members (excludes halogenated alkanes) is 1. The van der Waals surface area contributed by atoms with Crippen LogP contribution in [0.1, 0.15) is 25.3 Å². The van der Waals surface area contributed by atoms with Gasteiger partial charge >= 0.3 is 0 Å². The van der Waals surface area contributed by atoms with E-state index in [-0.39, 0.29) is 0 Å². The number of benzene rings is 1. The standard InChI is InChI=1S/C12H14BrNO/c1-2-10-5-6-11(13)9-12(10)15-8-4-3-7-14/h5-6,9H,2-4,8H2,1H3. The van der Waals surface area contributed by atoms with E-state index in [1.807, 2.05) is 12.1 Å². The molecule has 0 bridgehead atoms. The van der Waals surface area contributed by atoms with E-state index in [1.54, 1.807) is 0 Å². The molecular weight excluding hydrogens is 254 g/mol. The zero-order valence-corrected chi connectivity index (χ0v) is 10.4. The summed E-state index contributed by atoms with van der Waals surface area (Å²) >= 11 is 3.42. The predicted molar refractivity (Wildman–Crippen MR) is 63.9 cm³/mol. The molecule has 0 aromatic heterocycles. The molecule has 0 amide bonds. The topological polar surface area (TPSA) is 33.0 Å². The molecule has 0 aliphatic rings. The number of ether oxygens (including phenoxy) is 1. The molecule has 0 heterocycles. The van der Waals surface area contributed by atoms with Crippen molar-refractivity contribution < 1.29 is 4.74 Å². The van der Waals surface area contributed by atoms with Crippen molar-refractivity contribution in [3.8, 4) is 11.8 Å². The van der Waals surface area contributed by atoms with Gasteiger partial charge in [0.1, 0.15) is 5.75 Å². The highest BCUT2D eigenvalue weighted by atomic mass is 79.9. The molecule has 0 saturated heterocycles. The molecule has 0 aliphatic carbocycles. The second-order valence-corrected chi connectivity index (χ2v) is 4.13. The molecule has 80 valence electrons. The smallest absolute Gasteiger partial charge is 0.123 e. The Morgan fingerprint density at radius 2 is 2.27 bits per heavy atom. The van der Waals surface area contributed by atoms with Crippen molar-refractivity contribution in [3.05, 3.63) is 28.2 Å². The summed E-state index contributed by atoms with van der Waals surface area (Å²) in [6.45, 7) is 2.71. The molecule has 15 heavy (non-hydrogen) atoms. The number of hydrogen-bond acceptors (Lipinski definition) is 2. The summed E-state index contributed by atoms with van der Waals surface area (Å²) < 4.78 is 6.65. The van der Waals surface area contributed by atoms with Gasteiger partial charge in [0.2, 0.25) is 0 Å². The normalized spacial score (nSPS) is 9.67. The van der Waals surface area contributed by atoms with E-state index in [2.05, 4.69) is 35.0 Å². The van der Waals surface area contributed by atoms with Crippen molar-refractivity contribution in [1.29, 1.82) is 5.26 Å². The van der Waals surface area contributed by atoms with Gasteiger partial charge in [0.05, 0.1) is 12.7 Å². The minimum atomic E-state index is 0.551. The molecule has 0 fully saturated rings. The van der Waals surface area contributed by atoms with Gasteiger partial charge in [-0.25, -0.2) is 0 Å². The Hall–Kier alpha value is -1.01. The van der Waals surface area contributed by atoms with E-state index >= 15 is 0 Å². The maximum absolute atomic E-state index is 8.40. The lowest BCUT2D eigenvalue weighted by Crippen LogP contribution is -1.99. The van der Waals surface area contributed by atoms with Gasteiger partial charge in [-0.05, 0) is 30.5 Å². The molecule has 1 rings (SSSR count). The van der Waals surface area contributed by atoms with Crippen LogP contribution >= 0.6 is 15.9 Å². The monoisotopic (exact) mass is 267 g/mol. The molecule has 1 aromatic carbocycles. The summed E-state index contributed by atoms with van der Waals surface area (Å²) in [6, 6.07) is 8.16. The maximum atomic E-state index is 8.40. The number of rotatable bonds is 5. The summed E-state index contributed by atoms with van der Waals surface area (Å²) in [5.41, 5.74) is 1.20. The molecule has 0 radical (unpaired) electrons. The van der Waals surface area contributed by atoms with Gasteiger partial charge < -0.3 is 4.74 Å². The minimum Gasteiger partial charge on any atom is -0.493 e. The first-order valence-electron chi connectivity index (χ1n) is 5.06. The van der Waals surface area contributed by atoms with E-state index in [1.165, 1.54) is 5.56 Å². The molecule has 3 heteroatoms. The molecular formula is C12H14BrNO. The first-order valence-corrected chi connectivity index (χ1v) is 5.85. The van der Waals surface area contributed by atoms with Crippen molar-refractivity contribution in [2.75, 3.05) is 6.61 Å². The van der Waals surface area contributed by atoms with Crippen LogP contribution in [0.25, 0.3) is 0 Å². The third-order valence-electron chi connectivity index (χ3n) is 2.10. The lowest BCUT2D eigenvalue weighted by Gasteiger charge is -2.09. The zero-order valence-electron chi connectivity index (χ0n) is 8.79. The van der Waals surface area contributed by atoms with Crippen LogP contribution in [0.15, 0.2) is 22.7 Å². The summed E-state index contributed by atoms with van der Waals surface area (Å²) in [5, 5.41) is 8.40. The number of nitriles is 1. The largest absolute Gasteiger partial charge is 0.493 e. The van der Waals surface area contributed by atoms with E-state index in [0.717, 1.165) is 23.1 Å². The van der Waals surface area contributed by atoms with Gasteiger partial charge in [0, 0.05) is 10.9 Å². The van der Waals surface area contributed by atoms with Crippen molar-refractivity contribution >= 4 is 15.9 Å². The quantitative estimate of drug-likeness (QED) is 0.763. The van der Waals surface area contributed by atoms with Crippen molar-refractivity contribution in [2.24, 2.45) is 0 Å². The van der Waals surface area contributed by atoms with Crippen LogP contribution in [-0.4, -0.2) is 6.61 Å². The second kappa shape index (κ2) is 6.47. The molecule has 0 N–H and O–H groups in total. The highest BCUT2D eigenvalue weighted by Crippen LogP contribution is 2.24. The third-order valence-corrected chi connectivity index (χ3v) is 2.59. The number of nitrogens with zero attached hydrogens (tertiary/aromatic N) is 1. The minimum absolute atomic E-state index is 0.551. The fourth-order valence-corrected chi connectivity index (χ4v) is 1.63. The highest BCUT2D eigenvalue weighted by molar-refractivity contribution is 9.10. The van der Waals surface area contributed by atoms with Crippen molar-refractivity contribution in [3.63, 3.8) is 0 Å². The Morgan fingerprint density at radius 3 is 2.93 bits per heavy atom. The predicted octanol–water partition coefficient (Wildman–Crippen LogP) is 3.69. The molecule has 0 atom stereocenters. The lowest BCUT2D eigenvalue weighted by molar-refractivity contribution is 0.309. The van der Waals surface area contributed by atoms with Gasteiger partial charge in [0.25, 0.3) is 0 Å². The van der Waals surface area contributed by atoms with Gasteiger partial charge in [-0.15, -0.1) is 0 Å². The molecule has 0 spiro atoms. The van der Waals surface area contributed by atoms with Crippen LogP contribution in [0.5, 0.6) is 5.75 Å². The molecule has 0 aliphatic heterocycles. The van der Waals surface area contributed by atoms with Crippen LogP contribution in [-0.2, 0) is 6.42 Å². The van der Waals surface area contributed by atoms with Gasteiger partial charge in [0.15, 0.2) is 0 Å². The molecule has 0 saturated carbocycles. The van der Waals surface area contributed by atoms with Crippen LogP contribution in [0.4, 0.5) is 0 Å². The third kappa shape index (κ3) is 3.93. The molecule has 1 aromatic rings. The average Bonchev–Trinajstić information content (AvgIpc) is 2.25. The Bertz CT molecular complexity index is 357. The van der Waals surface area contributed by atoms with Crippen molar-refractivity contribution in [2.45, 2.75) is 26.2 Å². The Morgan fingerprint density at radius 1 is 1.47 bits per heavy atom. The fourth-order valence-electron chi connectivity index (χ4n) is 1.29. The van der Waals surface area contributed by atoms with Crippen LogP contribution in [0.3, 0.4) is 0 Å². The lowest BCUT2D eigenvalue weighted by atomic mass is 10.1. The van der Waals surface area contributed by atoms with E-state index < -0.39 is 0 Å².